The van der Waals surface area contributed by atoms with Crippen molar-refractivity contribution in [3.05, 3.63) is 77.2 Å². The molecule has 1 amide bonds. The molecule has 8 heteroatoms. The fraction of sp³-hybridized carbons (Fsp3) is 0.105. The van der Waals surface area contributed by atoms with Crippen LogP contribution in [-0.4, -0.2) is 20.9 Å². The molecule has 4 rings (SSSR count). The van der Waals surface area contributed by atoms with E-state index in [1.54, 1.807) is 36.4 Å². The summed E-state index contributed by atoms with van der Waals surface area (Å²) in [7, 11) is -3.71. The molecule has 1 aromatic heterocycles. The Bertz CT molecular complexity index is 1090. The van der Waals surface area contributed by atoms with Gasteiger partial charge in [0.05, 0.1) is 16.8 Å². The molecule has 0 radical (unpaired) electrons. The van der Waals surface area contributed by atoms with Gasteiger partial charge in [-0.1, -0.05) is 17.7 Å². The number of amides is 1. The van der Waals surface area contributed by atoms with Gasteiger partial charge in [-0.05, 0) is 60.5 Å². The molecule has 0 fully saturated rings. The van der Waals surface area contributed by atoms with Crippen molar-refractivity contribution in [1.82, 2.24) is 0 Å². The number of anilines is 2. The normalized spacial score (nSPS) is 13.4. The molecule has 6 nitrogen and oxygen atoms in total. The summed E-state index contributed by atoms with van der Waals surface area (Å²) in [6, 6.07) is 14.5. The van der Waals surface area contributed by atoms with Crippen LogP contribution in [0.4, 0.5) is 11.4 Å². The first-order valence-electron chi connectivity index (χ1n) is 8.21. The molecule has 138 valence electrons. The maximum Gasteiger partial charge on any atom is 0.291 e. The first kappa shape index (κ1) is 17.6. The Hall–Kier alpha value is -2.77. The Morgan fingerprint density at radius 2 is 1.89 bits per heavy atom. The van der Waals surface area contributed by atoms with Crippen LogP contribution < -0.4 is 9.62 Å². The van der Waals surface area contributed by atoms with Gasteiger partial charge < -0.3 is 9.73 Å². The van der Waals surface area contributed by atoms with Gasteiger partial charge in [-0.15, -0.1) is 0 Å². The highest BCUT2D eigenvalue weighted by molar-refractivity contribution is 7.92. The molecule has 0 bridgehead atoms. The number of carbonyl (C=O) groups is 1. The molecule has 0 atom stereocenters. The summed E-state index contributed by atoms with van der Waals surface area (Å²) in [6.07, 6.45) is 2.02. The molecule has 0 unspecified atom stereocenters. The minimum Gasteiger partial charge on any atom is -0.459 e. The topological polar surface area (TPSA) is 79.6 Å². The van der Waals surface area contributed by atoms with Crippen molar-refractivity contribution >= 4 is 38.9 Å². The van der Waals surface area contributed by atoms with Crippen LogP contribution in [0.5, 0.6) is 0 Å². The van der Waals surface area contributed by atoms with Crippen LogP contribution in [0.15, 0.2) is 70.2 Å². The molecule has 0 saturated heterocycles. The molecule has 0 spiro atoms. The number of hydrogen-bond donors (Lipinski definition) is 1. The average Bonchev–Trinajstić information content (AvgIpc) is 3.32. The van der Waals surface area contributed by atoms with Crippen molar-refractivity contribution in [3.63, 3.8) is 0 Å². The Morgan fingerprint density at radius 3 is 2.59 bits per heavy atom. The van der Waals surface area contributed by atoms with Gasteiger partial charge in [0.2, 0.25) is 0 Å². The minimum absolute atomic E-state index is 0.171. The number of fused-ring (bicyclic) bond motifs is 1. The lowest BCUT2D eigenvalue weighted by molar-refractivity contribution is 0.0996. The molecule has 27 heavy (non-hydrogen) atoms. The number of nitrogens with one attached hydrogen (secondary N) is 1. The third kappa shape index (κ3) is 3.31. The minimum atomic E-state index is -3.71. The van der Waals surface area contributed by atoms with Crippen molar-refractivity contribution in [2.45, 2.75) is 11.3 Å². The summed E-state index contributed by atoms with van der Waals surface area (Å²) >= 11 is 5.86. The quantitative estimate of drug-likeness (QED) is 0.716. The summed E-state index contributed by atoms with van der Waals surface area (Å²) < 4.78 is 32.4. The molecule has 3 aromatic rings. The van der Waals surface area contributed by atoms with E-state index < -0.39 is 15.9 Å². The Balaban J connectivity index is 1.65. The van der Waals surface area contributed by atoms with E-state index in [1.807, 2.05) is 6.07 Å². The third-order valence-corrected chi connectivity index (χ3v) is 6.42. The van der Waals surface area contributed by atoms with Crippen LogP contribution in [0, 0.1) is 0 Å². The Morgan fingerprint density at radius 1 is 1.11 bits per heavy atom. The summed E-state index contributed by atoms with van der Waals surface area (Å²) in [5, 5.41) is 3.19. The van der Waals surface area contributed by atoms with E-state index >= 15 is 0 Å². The second kappa shape index (κ2) is 6.75. The number of sulfonamides is 1. The molecule has 2 heterocycles. The first-order valence-corrected chi connectivity index (χ1v) is 10.0. The lowest BCUT2D eigenvalue weighted by Crippen LogP contribution is -2.29. The van der Waals surface area contributed by atoms with E-state index in [0.717, 1.165) is 5.56 Å². The van der Waals surface area contributed by atoms with Gasteiger partial charge in [0.1, 0.15) is 0 Å². The van der Waals surface area contributed by atoms with Gasteiger partial charge in [-0.3, -0.25) is 9.10 Å². The van der Waals surface area contributed by atoms with Crippen LogP contribution in [-0.2, 0) is 16.4 Å². The molecular weight excluding hydrogens is 388 g/mol. The van der Waals surface area contributed by atoms with Crippen molar-refractivity contribution in [3.8, 4) is 0 Å². The zero-order valence-corrected chi connectivity index (χ0v) is 15.6. The number of carbonyl (C=O) groups excluding carboxylic acids is 1. The van der Waals surface area contributed by atoms with Crippen LogP contribution in [0.1, 0.15) is 16.1 Å². The van der Waals surface area contributed by atoms with Gasteiger partial charge in [0.25, 0.3) is 15.9 Å². The number of nitrogens with zero attached hydrogens (tertiary/aromatic N) is 1. The number of hydrogen-bond acceptors (Lipinski definition) is 4. The molecule has 0 saturated carbocycles. The van der Waals surface area contributed by atoms with Crippen LogP contribution in [0.25, 0.3) is 0 Å². The van der Waals surface area contributed by atoms with Gasteiger partial charge in [0.15, 0.2) is 5.76 Å². The number of halogens is 1. The third-order valence-electron chi connectivity index (χ3n) is 4.34. The second-order valence-electron chi connectivity index (χ2n) is 6.06. The fourth-order valence-corrected chi connectivity index (χ4v) is 4.63. The maximum absolute atomic E-state index is 13.0. The number of benzene rings is 2. The van der Waals surface area contributed by atoms with E-state index in [4.69, 9.17) is 16.0 Å². The van der Waals surface area contributed by atoms with Crippen molar-refractivity contribution in [1.29, 1.82) is 0 Å². The highest BCUT2D eigenvalue weighted by Gasteiger charge is 2.31. The predicted molar refractivity (Wildman–Crippen MR) is 103 cm³/mol. The standard InChI is InChI=1S/C19H15ClN2O4S/c20-14-4-7-16(8-5-14)27(24,25)22-10-9-13-3-6-15(12-17(13)22)21-19(23)18-2-1-11-26-18/h1-8,11-12H,9-10H2,(H,21,23). The predicted octanol–water partition coefficient (Wildman–Crippen LogP) is 3.94. The SMILES string of the molecule is O=C(Nc1ccc2c(c1)N(S(=O)(=O)c1ccc(Cl)cc1)CC2)c1ccco1. The first-order chi connectivity index (χ1) is 12.9. The molecular formula is C19H15ClN2O4S. The zero-order chi connectivity index (χ0) is 19.0. The van der Waals surface area contributed by atoms with E-state index in [0.29, 0.717) is 29.4 Å². The second-order valence-corrected chi connectivity index (χ2v) is 8.35. The highest BCUT2D eigenvalue weighted by Crippen LogP contribution is 2.35. The smallest absolute Gasteiger partial charge is 0.291 e. The van der Waals surface area contributed by atoms with E-state index in [-0.39, 0.29) is 10.7 Å². The van der Waals surface area contributed by atoms with E-state index in [9.17, 15) is 13.2 Å². The average molecular weight is 403 g/mol. The summed E-state index contributed by atoms with van der Waals surface area (Å²) in [6.45, 7) is 0.343. The van der Waals surface area contributed by atoms with Crippen LogP contribution in [0.2, 0.25) is 5.02 Å². The van der Waals surface area contributed by atoms with Crippen molar-refractivity contribution in [2.24, 2.45) is 0 Å². The molecule has 1 aliphatic rings. The summed E-state index contributed by atoms with van der Waals surface area (Å²) in [5.41, 5.74) is 1.96. The largest absolute Gasteiger partial charge is 0.459 e. The maximum atomic E-state index is 13.0. The Labute approximate surface area is 161 Å². The van der Waals surface area contributed by atoms with Crippen molar-refractivity contribution < 1.29 is 17.6 Å². The van der Waals surface area contributed by atoms with Gasteiger partial charge >= 0.3 is 0 Å². The summed E-state index contributed by atoms with van der Waals surface area (Å²) in [5.74, 6) is -0.216. The van der Waals surface area contributed by atoms with Crippen molar-refractivity contribution in [2.75, 3.05) is 16.2 Å². The Kier molecular flexibility index (Phi) is 4.41. The molecule has 1 aliphatic heterocycles. The lowest BCUT2D eigenvalue weighted by Gasteiger charge is -2.20. The van der Waals surface area contributed by atoms with E-state index in [1.165, 1.54) is 22.7 Å². The number of furan rings is 1. The molecule has 2 aromatic carbocycles. The fourth-order valence-electron chi connectivity index (χ4n) is 3.01. The monoisotopic (exact) mass is 402 g/mol. The van der Waals surface area contributed by atoms with E-state index in [2.05, 4.69) is 5.32 Å². The molecule has 1 N–H and O–H groups in total. The van der Waals surface area contributed by atoms with Gasteiger partial charge in [-0.25, -0.2) is 8.42 Å². The highest BCUT2D eigenvalue weighted by atomic mass is 35.5. The zero-order valence-electron chi connectivity index (χ0n) is 14.1. The van der Waals surface area contributed by atoms with Crippen LogP contribution in [0.3, 0.4) is 0 Å². The van der Waals surface area contributed by atoms with Crippen LogP contribution >= 0.6 is 11.6 Å². The van der Waals surface area contributed by atoms with Gasteiger partial charge in [-0.2, -0.15) is 0 Å². The van der Waals surface area contributed by atoms with Gasteiger partial charge in [0, 0.05) is 17.3 Å². The summed E-state index contributed by atoms with van der Waals surface area (Å²) in [4.78, 5) is 12.3. The number of rotatable bonds is 4. The lowest BCUT2D eigenvalue weighted by atomic mass is 10.1. The molecule has 0 aliphatic carbocycles.